The smallest absolute Gasteiger partial charge is 0.120 e. The number of aromatic nitrogens is 2. The molecule has 0 fully saturated rings. The summed E-state index contributed by atoms with van der Waals surface area (Å²) < 4.78 is 0. The van der Waals surface area contributed by atoms with Gasteiger partial charge in [-0.15, -0.1) is 12.8 Å². The number of nitrogens with one attached hydrogen (secondary N) is 2. The molecule has 1 aromatic rings. The summed E-state index contributed by atoms with van der Waals surface area (Å²) in [7, 11) is 0. The lowest BCUT2D eigenvalue weighted by Gasteiger charge is -1.97. The minimum absolute atomic E-state index is 0.848. The van der Waals surface area contributed by atoms with Crippen molar-refractivity contribution in [1.29, 1.82) is 0 Å². The molecule has 0 aromatic carbocycles. The van der Waals surface area contributed by atoms with Gasteiger partial charge in [-0.05, 0) is 13.0 Å². The SMILES string of the molecule is C#C.CCCNCc1ncc[nH]1. The summed E-state index contributed by atoms with van der Waals surface area (Å²) in [6, 6.07) is 0. The third-order valence-corrected chi connectivity index (χ3v) is 1.27. The molecule has 1 rings (SSSR count). The van der Waals surface area contributed by atoms with Crippen LogP contribution in [-0.2, 0) is 6.54 Å². The van der Waals surface area contributed by atoms with Gasteiger partial charge in [-0.3, -0.25) is 0 Å². The minimum atomic E-state index is 0.848. The average Bonchev–Trinajstić information content (AvgIpc) is 2.61. The average molecular weight is 165 g/mol. The van der Waals surface area contributed by atoms with Gasteiger partial charge in [-0.1, -0.05) is 6.92 Å². The molecule has 0 aliphatic rings. The quantitative estimate of drug-likeness (QED) is 0.519. The molecule has 0 atom stereocenters. The predicted molar refractivity (Wildman–Crippen MR) is 50.5 cm³/mol. The Morgan fingerprint density at radius 1 is 1.58 bits per heavy atom. The second-order valence-electron chi connectivity index (χ2n) is 2.21. The molecular weight excluding hydrogens is 150 g/mol. The Morgan fingerprint density at radius 3 is 2.83 bits per heavy atom. The fourth-order valence-electron chi connectivity index (χ4n) is 0.778. The molecule has 3 heteroatoms. The molecule has 2 N–H and O–H groups in total. The molecule has 0 amide bonds. The molecule has 1 heterocycles. The third kappa shape index (κ3) is 4.53. The highest BCUT2D eigenvalue weighted by molar-refractivity contribution is 4.85. The van der Waals surface area contributed by atoms with E-state index in [1.165, 1.54) is 6.42 Å². The van der Waals surface area contributed by atoms with Crippen LogP contribution in [0.25, 0.3) is 0 Å². The second kappa shape index (κ2) is 7.83. The molecule has 3 nitrogen and oxygen atoms in total. The number of H-pyrrole nitrogens is 1. The summed E-state index contributed by atoms with van der Waals surface area (Å²) in [5.74, 6) is 1.01. The van der Waals surface area contributed by atoms with Gasteiger partial charge in [0.2, 0.25) is 0 Å². The number of terminal acetylenes is 1. The van der Waals surface area contributed by atoms with Gasteiger partial charge in [0, 0.05) is 12.4 Å². The van der Waals surface area contributed by atoms with Crippen molar-refractivity contribution in [3.63, 3.8) is 0 Å². The molecule has 0 aliphatic heterocycles. The first-order chi connectivity index (χ1) is 5.93. The molecule has 0 saturated heterocycles. The van der Waals surface area contributed by atoms with Crippen LogP contribution in [0.4, 0.5) is 0 Å². The van der Waals surface area contributed by atoms with Crippen LogP contribution < -0.4 is 5.32 Å². The number of aromatic amines is 1. The third-order valence-electron chi connectivity index (χ3n) is 1.27. The Kier molecular flexibility index (Phi) is 7.00. The van der Waals surface area contributed by atoms with E-state index in [4.69, 9.17) is 0 Å². The molecule has 0 bridgehead atoms. The van der Waals surface area contributed by atoms with E-state index in [9.17, 15) is 0 Å². The van der Waals surface area contributed by atoms with Gasteiger partial charge in [-0.2, -0.15) is 0 Å². The first-order valence-corrected chi connectivity index (χ1v) is 3.95. The van der Waals surface area contributed by atoms with E-state index < -0.39 is 0 Å². The van der Waals surface area contributed by atoms with Crippen LogP contribution in [0, 0.1) is 12.8 Å². The Morgan fingerprint density at radius 2 is 2.33 bits per heavy atom. The van der Waals surface area contributed by atoms with Crippen LogP contribution in [0.5, 0.6) is 0 Å². The fraction of sp³-hybridized carbons (Fsp3) is 0.444. The van der Waals surface area contributed by atoms with Gasteiger partial charge < -0.3 is 10.3 Å². The van der Waals surface area contributed by atoms with Crippen LogP contribution in [0.1, 0.15) is 19.2 Å². The standard InChI is InChI=1S/C7H13N3.C2H2/c1-2-3-8-6-7-9-4-5-10-7;1-2/h4-5,8H,2-3,6H2,1H3,(H,9,10);1-2H. The molecule has 0 aliphatic carbocycles. The number of nitrogens with zero attached hydrogens (tertiary/aromatic N) is 1. The van der Waals surface area contributed by atoms with Crippen molar-refractivity contribution in [3.8, 4) is 12.8 Å². The lowest BCUT2D eigenvalue weighted by Crippen LogP contribution is -2.14. The second-order valence-corrected chi connectivity index (χ2v) is 2.21. The Labute approximate surface area is 73.6 Å². The summed E-state index contributed by atoms with van der Waals surface area (Å²) in [5.41, 5.74) is 0. The van der Waals surface area contributed by atoms with Crippen molar-refractivity contribution in [2.24, 2.45) is 0 Å². The molecule has 1 aromatic heterocycles. The normalized spacial score (nSPS) is 8.58. The molecular formula is C9H15N3. The van der Waals surface area contributed by atoms with E-state index >= 15 is 0 Å². The van der Waals surface area contributed by atoms with E-state index in [1.54, 1.807) is 6.20 Å². The zero-order chi connectivity index (χ0) is 9.23. The van der Waals surface area contributed by atoms with Gasteiger partial charge in [0.25, 0.3) is 0 Å². The maximum absolute atomic E-state index is 4.07. The summed E-state index contributed by atoms with van der Waals surface area (Å²) in [5, 5.41) is 3.24. The zero-order valence-corrected chi connectivity index (χ0v) is 7.38. The van der Waals surface area contributed by atoms with Crippen molar-refractivity contribution < 1.29 is 0 Å². The lowest BCUT2D eigenvalue weighted by atomic mass is 10.5. The first kappa shape index (κ1) is 10.7. The molecule has 0 spiro atoms. The van der Waals surface area contributed by atoms with Gasteiger partial charge in [0.1, 0.15) is 5.82 Å². The predicted octanol–water partition coefficient (Wildman–Crippen LogP) is 1.16. The highest BCUT2D eigenvalue weighted by Crippen LogP contribution is 1.85. The minimum Gasteiger partial charge on any atom is -0.348 e. The highest BCUT2D eigenvalue weighted by atomic mass is 15.0. The van der Waals surface area contributed by atoms with Crippen LogP contribution >= 0.6 is 0 Å². The number of imidazole rings is 1. The van der Waals surface area contributed by atoms with E-state index in [-0.39, 0.29) is 0 Å². The summed E-state index contributed by atoms with van der Waals surface area (Å²) in [6.07, 6.45) is 12.8. The van der Waals surface area contributed by atoms with Crippen molar-refractivity contribution in [2.45, 2.75) is 19.9 Å². The Hall–Kier alpha value is -1.27. The van der Waals surface area contributed by atoms with E-state index in [0.717, 1.165) is 18.9 Å². The van der Waals surface area contributed by atoms with Gasteiger partial charge >= 0.3 is 0 Å². The largest absolute Gasteiger partial charge is 0.348 e. The molecule has 12 heavy (non-hydrogen) atoms. The van der Waals surface area contributed by atoms with Crippen LogP contribution in [0.2, 0.25) is 0 Å². The Bertz CT molecular complexity index is 189. The number of hydrogen-bond acceptors (Lipinski definition) is 2. The van der Waals surface area contributed by atoms with E-state index in [2.05, 4.69) is 35.1 Å². The van der Waals surface area contributed by atoms with Crippen LogP contribution in [-0.4, -0.2) is 16.5 Å². The van der Waals surface area contributed by atoms with Crippen LogP contribution in [0.3, 0.4) is 0 Å². The highest BCUT2D eigenvalue weighted by Gasteiger charge is 1.90. The number of rotatable bonds is 4. The Balaban J connectivity index is 0.000000561. The fourth-order valence-corrected chi connectivity index (χ4v) is 0.778. The summed E-state index contributed by atoms with van der Waals surface area (Å²) >= 11 is 0. The maximum atomic E-state index is 4.07. The summed E-state index contributed by atoms with van der Waals surface area (Å²) in [4.78, 5) is 7.09. The maximum Gasteiger partial charge on any atom is 0.120 e. The van der Waals surface area contributed by atoms with Gasteiger partial charge in [0.05, 0.1) is 6.54 Å². The number of hydrogen-bond donors (Lipinski definition) is 2. The monoisotopic (exact) mass is 165 g/mol. The molecule has 0 unspecified atom stereocenters. The van der Waals surface area contributed by atoms with Gasteiger partial charge in [0.15, 0.2) is 0 Å². The molecule has 66 valence electrons. The van der Waals surface area contributed by atoms with Crippen LogP contribution in [0.15, 0.2) is 12.4 Å². The van der Waals surface area contributed by atoms with Gasteiger partial charge in [-0.25, -0.2) is 4.98 Å². The van der Waals surface area contributed by atoms with Crippen molar-refractivity contribution in [3.05, 3.63) is 18.2 Å². The van der Waals surface area contributed by atoms with Crippen molar-refractivity contribution >= 4 is 0 Å². The topological polar surface area (TPSA) is 40.7 Å². The first-order valence-electron chi connectivity index (χ1n) is 3.95. The molecule has 0 radical (unpaired) electrons. The summed E-state index contributed by atoms with van der Waals surface area (Å²) in [6.45, 7) is 4.05. The molecule has 0 saturated carbocycles. The van der Waals surface area contributed by atoms with Crippen molar-refractivity contribution in [2.75, 3.05) is 6.54 Å². The van der Waals surface area contributed by atoms with Crippen molar-refractivity contribution in [1.82, 2.24) is 15.3 Å². The van der Waals surface area contributed by atoms with E-state index in [1.807, 2.05) is 6.20 Å². The van der Waals surface area contributed by atoms with E-state index in [0.29, 0.717) is 0 Å². The zero-order valence-electron chi connectivity index (χ0n) is 7.38. The lowest BCUT2D eigenvalue weighted by molar-refractivity contribution is 0.655.